The fraction of sp³-hybridized carbons (Fsp3) is 0.304. The van der Waals surface area contributed by atoms with Crippen LogP contribution < -0.4 is 10.6 Å². The summed E-state index contributed by atoms with van der Waals surface area (Å²) in [5.74, 6) is 0.408. The fourth-order valence-electron chi connectivity index (χ4n) is 3.93. The molecule has 5 heteroatoms. The third-order valence-electron chi connectivity index (χ3n) is 5.41. The van der Waals surface area contributed by atoms with Crippen LogP contribution in [0.5, 0.6) is 0 Å². The average Bonchev–Trinajstić information content (AvgIpc) is 3.06. The normalized spacial score (nSPS) is 15.8. The quantitative estimate of drug-likeness (QED) is 0.629. The third-order valence-corrected chi connectivity index (χ3v) is 5.41. The minimum absolute atomic E-state index is 0.117. The number of para-hydroxylation sites is 2. The lowest BCUT2D eigenvalue weighted by atomic mass is 9.87. The van der Waals surface area contributed by atoms with Gasteiger partial charge in [0.1, 0.15) is 0 Å². The SMILES string of the molecule is CC1CCc2[nH]c3c(C(=O)NCCC(=O)Nc4ccccc4)cccc3c2C1. The first-order chi connectivity index (χ1) is 13.6. The molecule has 0 radical (unpaired) electrons. The van der Waals surface area contributed by atoms with Gasteiger partial charge in [-0.25, -0.2) is 0 Å². The predicted octanol–water partition coefficient (Wildman–Crippen LogP) is 4.05. The Labute approximate surface area is 164 Å². The molecule has 2 aromatic carbocycles. The summed E-state index contributed by atoms with van der Waals surface area (Å²) in [6, 6.07) is 15.2. The molecular weight excluding hydrogens is 350 g/mol. The number of anilines is 1. The molecule has 1 aliphatic rings. The number of aryl methyl sites for hydroxylation is 1. The molecule has 3 N–H and O–H groups in total. The molecule has 0 spiro atoms. The van der Waals surface area contributed by atoms with Crippen molar-refractivity contribution in [2.45, 2.75) is 32.6 Å². The maximum Gasteiger partial charge on any atom is 0.253 e. The van der Waals surface area contributed by atoms with Crippen LogP contribution in [0.15, 0.2) is 48.5 Å². The van der Waals surface area contributed by atoms with Crippen LogP contribution in [0.25, 0.3) is 10.9 Å². The standard InChI is InChI=1S/C23H25N3O2/c1-15-10-11-20-19(14-15)17-8-5-9-18(22(17)26-20)23(28)24-13-12-21(27)25-16-6-3-2-4-7-16/h2-9,15,26H,10-14H2,1H3,(H,24,28)(H,25,27). The zero-order chi connectivity index (χ0) is 19.5. The van der Waals surface area contributed by atoms with E-state index in [9.17, 15) is 9.59 Å². The van der Waals surface area contributed by atoms with Crippen molar-refractivity contribution in [2.75, 3.05) is 11.9 Å². The number of fused-ring (bicyclic) bond motifs is 3. The largest absolute Gasteiger partial charge is 0.358 e. The molecule has 4 rings (SSSR count). The molecule has 144 valence electrons. The van der Waals surface area contributed by atoms with Crippen LogP contribution in [0.2, 0.25) is 0 Å². The van der Waals surface area contributed by atoms with Gasteiger partial charge in [-0.3, -0.25) is 9.59 Å². The lowest BCUT2D eigenvalue weighted by molar-refractivity contribution is -0.116. The highest BCUT2D eigenvalue weighted by molar-refractivity contribution is 6.07. The highest BCUT2D eigenvalue weighted by atomic mass is 16.2. The number of aromatic nitrogens is 1. The fourth-order valence-corrected chi connectivity index (χ4v) is 3.93. The highest BCUT2D eigenvalue weighted by Gasteiger charge is 2.22. The van der Waals surface area contributed by atoms with Gasteiger partial charge < -0.3 is 15.6 Å². The molecule has 28 heavy (non-hydrogen) atoms. The number of hydrogen-bond acceptors (Lipinski definition) is 2. The summed E-state index contributed by atoms with van der Waals surface area (Å²) in [6.45, 7) is 2.57. The van der Waals surface area contributed by atoms with Crippen molar-refractivity contribution >= 4 is 28.4 Å². The predicted molar refractivity (Wildman–Crippen MR) is 112 cm³/mol. The molecule has 1 atom stereocenters. The van der Waals surface area contributed by atoms with E-state index in [1.165, 1.54) is 17.7 Å². The summed E-state index contributed by atoms with van der Waals surface area (Å²) in [5, 5.41) is 6.85. The molecule has 5 nitrogen and oxygen atoms in total. The molecule has 0 saturated carbocycles. The van der Waals surface area contributed by atoms with Gasteiger partial charge in [-0.05, 0) is 48.9 Å². The highest BCUT2D eigenvalue weighted by Crippen LogP contribution is 2.32. The maximum absolute atomic E-state index is 12.7. The van der Waals surface area contributed by atoms with Crippen LogP contribution >= 0.6 is 0 Å². The first kappa shape index (κ1) is 18.3. The summed E-state index contributed by atoms with van der Waals surface area (Å²) in [7, 11) is 0. The molecule has 3 aromatic rings. The van der Waals surface area contributed by atoms with Crippen molar-refractivity contribution in [3.63, 3.8) is 0 Å². The van der Waals surface area contributed by atoms with E-state index in [0.717, 1.165) is 29.4 Å². The third kappa shape index (κ3) is 3.79. The van der Waals surface area contributed by atoms with Crippen LogP contribution in [-0.4, -0.2) is 23.3 Å². The van der Waals surface area contributed by atoms with Gasteiger partial charge in [0.2, 0.25) is 5.91 Å². The van der Waals surface area contributed by atoms with E-state index >= 15 is 0 Å². The summed E-state index contributed by atoms with van der Waals surface area (Å²) >= 11 is 0. The minimum Gasteiger partial charge on any atom is -0.358 e. The number of carbonyl (C=O) groups excluding carboxylic acids is 2. The summed E-state index contributed by atoms with van der Waals surface area (Å²) in [4.78, 5) is 28.2. The van der Waals surface area contributed by atoms with Gasteiger partial charge in [0, 0.05) is 29.7 Å². The number of H-pyrrole nitrogens is 1. The van der Waals surface area contributed by atoms with Crippen molar-refractivity contribution in [3.8, 4) is 0 Å². The summed E-state index contributed by atoms with van der Waals surface area (Å²) in [5.41, 5.74) is 4.92. The zero-order valence-electron chi connectivity index (χ0n) is 16.0. The van der Waals surface area contributed by atoms with Crippen molar-refractivity contribution in [1.29, 1.82) is 0 Å². The van der Waals surface area contributed by atoms with Gasteiger partial charge in [0.05, 0.1) is 11.1 Å². The van der Waals surface area contributed by atoms with E-state index in [4.69, 9.17) is 0 Å². The summed E-state index contributed by atoms with van der Waals surface area (Å²) < 4.78 is 0. The van der Waals surface area contributed by atoms with Gasteiger partial charge >= 0.3 is 0 Å². The second-order valence-electron chi connectivity index (χ2n) is 7.58. The van der Waals surface area contributed by atoms with E-state index < -0.39 is 0 Å². The van der Waals surface area contributed by atoms with E-state index in [1.807, 2.05) is 42.5 Å². The monoisotopic (exact) mass is 375 g/mol. The van der Waals surface area contributed by atoms with Crippen LogP contribution in [0.3, 0.4) is 0 Å². The zero-order valence-corrected chi connectivity index (χ0v) is 16.0. The Kier molecular flexibility index (Phi) is 5.15. The van der Waals surface area contributed by atoms with Crippen molar-refractivity contribution < 1.29 is 9.59 Å². The number of nitrogens with one attached hydrogen (secondary N) is 3. The molecule has 1 aromatic heterocycles. The second-order valence-corrected chi connectivity index (χ2v) is 7.58. The van der Waals surface area contributed by atoms with Gasteiger partial charge in [-0.15, -0.1) is 0 Å². The Bertz CT molecular complexity index is 1010. The molecule has 1 aliphatic carbocycles. The maximum atomic E-state index is 12.7. The molecule has 0 bridgehead atoms. The molecule has 0 aliphatic heterocycles. The Morgan fingerprint density at radius 1 is 1.11 bits per heavy atom. The topological polar surface area (TPSA) is 74.0 Å². The second kappa shape index (κ2) is 7.89. The van der Waals surface area contributed by atoms with Gasteiger partial charge in [0.15, 0.2) is 0 Å². The molecule has 1 unspecified atom stereocenters. The Balaban J connectivity index is 1.41. The number of amides is 2. The Morgan fingerprint density at radius 3 is 2.75 bits per heavy atom. The minimum atomic E-state index is -0.148. The van der Waals surface area contributed by atoms with Gasteiger partial charge in [0.25, 0.3) is 5.91 Å². The first-order valence-electron chi connectivity index (χ1n) is 9.87. The summed E-state index contributed by atoms with van der Waals surface area (Å²) in [6.07, 6.45) is 3.50. The van der Waals surface area contributed by atoms with Gasteiger partial charge in [-0.1, -0.05) is 37.3 Å². The number of rotatable bonds is 5. The average molecular weight is 375 g/mol. The van der Waals surface area contributed by atoms with Crippen molar-refractivity contribution in [3.05, 3.63) is 65.4 Å². The molecule has 2 amide bonds. The first-order valence-corrected chi connectivity index (χ1v) is 9.87. The van der Waals surface area contributed by atoms with Crippen LogP contribution in [0.4, 0.5) is 5.69 Å². The molecule has 0 fully saturated rings. The number of benzene rings is 2. The Hall–Kier alpha value is -3.08. The number of hydrogen-bond donors (Lipinski definition) is 3. The van der Waals surface area contributed by atoms with E-state index in [1.54, 1.807) is 0 Å². The van der Waals surface area contributed by atoms with Crippen LogP contribution in [0, 0.1) is 5.92 Å². The molecular formula is C23H25N3O2. The lowest BCUT2D eigenvalue weighted by Crippen LogP contribution is -2.27. The van der Waals surface area contributed by atoms with Crippen LogP contribution in [0.1, 0.15) is 41.4 Å². The van der Waals surface area contributed by atoms with E-state index in [0.29, 0.717) is 18.0 Å². The molecule has 0 saturated heterocycles. The van der Waals surface area contributed by atoms with E-state index in [2.05, 4.69) is 28.6 Å². The Morgan fingerprint density at radius 2 is 1.93 bits per heavy atom. The van der Waals surface area contributed by atoms with Gasteiger partial charge in [-0.2, -0.15) is 0 Å². The number of carbonyl (C=O) groups is 2. The van der Waals surface area contributed by atoms with Crippen molar-refractivity contribution in [2.24, 2.45) is 5.92 Å². The van der Waals surface area contributed by atoms with Crippen LogP contribution in [-0.2, 0) is 17.6 Å². The molecule has 1 heterocycles. The van der Waals surface area contributed by atoms with E-state index in [-0.39, 0.29) is 18.2 Å². The number of aromatic amines is 1. The smallest absolute Gasteiger partial charge is 0.253 e. The lowest BCUT2D eigenvalue weighted by Gasteiger charge is -2.17. The van der Waals surface area contributed by atoms with Crippen molar-refractivity contribution in [1.82, 2.24) is 10.3 Å².